The first kappa shape index (κ1) is 18.1. The van der Waals surface area contributed by atoms with E-state index in [1.54, 1.807) is 11.3 Å². The fourth-order valence-corrected chi connectivity index (χ4v) is 3.97. The fourth-order valence-electron chi connectivity index (χ4n) is 3.22. The van der Waals surface area contributed by atoms with Crippen LogP contribution in [0.25, 0.3) is 32.8 Å². The molecule has 28 heavy (non-hydrogen) atoms. The molecular formula is C24H19NO2S. The third-order valence-corrected chi connectivity index (χ3v) is 5.38. The van der Waals surface area contributed by atoms with Gasteiger partial charge in [0, 0.05) is 22.2 Å². The van der Waals surface area contributed by atoms with Crippen LogP contribution in [-0.2, 0) is 4.74 Å². The van der Waals surface area contributed by atoms with Crippen LogP contribution in [0.1, 0.15) is 17.3 Å². The van der Waals surface area contributed by atoms with E-state index in [9.17, 15) is 4.79 Å². The third kappa shape index (κ3) is 3.59. The molecule has 0 saturated heterocycles. The molecule has 0 unspecified atom stereocenters. The van der Waals surface area contributed by atoms with Gasteiger partial charge in [0.2, 0.25) is 0 Å². The molecule has 0 radical (unpaired) electrons. The summed E-state index contributed by atoms with van der Waals surface area (Å²) in [5.41, 5.74) is 5.84. The molecule has 0 atom stereocenters. The highest BCUT2D eigenvalue weighted by molar-refractivity contribution is 7.13. The van der Waals surface area contributed by atoms with Crippen LogP contribution in [0.5, 0.6) is 0 Å². The number of hydrogen-bond donors (Lipinski definition) is 0. The predicted molar refractivity (Wildman–Crippen MR) is 114 cm³/mol. The van der Waals surface area contributed by atoms with Crippen LogP contribution in [0.3, 0.4) is 0 Å². The van der Waals surface area contributed by atoms with Gasteiger partial charge < -0.3 is 4.74 Å². The van der Waals surface area contributed by atoms with Crippen molar-refractivity contribution >= 4 is 17.3 Å². The maximum Gasteiger partial charge on any atom is 0.338 e. The molecule has 3 nitrogen and oxygen atoms in total. The van der Waals surface area contributed by atoms with Crippen molar-refractivity contribution in [3.63, 3.8) is 0 Å². The summed E-state index contributed by atoms with van der Waals surface area (Å²) >= 11 is 1.71. The summed E-state index contributed by atoms with van der Waals surface area (Å²) in [5, 5.41) is 2.08. The molecule has 4 rings (SSSR count). The van der Waals surface area contributed by atoms with Crippen molar-refractivity contribution in [2.75, 3.05) is 6.61 Å². The van der Waals surface area contributed by atoms with E-state index in [1.165, 1.54) is 4.88 Å². The zero-order valence-electron chi connectivity index (χ0n) is 15.5. The van der Waals surface area contributed by atoms with Gasteiger partial charge in [0.15, 0.2) is 0 Å². The Kier molecular flexibility index (Phi) is 5.31. The van der Waals surface area contributed by atoms with Crippen molar-refractivity contribution in [3.05, 3.63) is 89.9 Å². The smallest absolute Gasteiger partial charge is 0.338 e. The highest BCUT2D eigenvalue weighted by atomic mass is 32.1. The number of pyridine rings is 1. The maximum atomic E-state index is 12.0. The van der Waals surface area contributed by atoms with Crippen LogP contribution in [0.4, 0.5) is 0 Å². The van der Waals surface area contributed by atoms with Crippen LogP contribution < -0.4 is 0 Å². The Balaban J connectivity index is 1.86. The molecule has 0 saturated carbocycles. The first-order valence-electron chi connectivity index (χ1n) is 9.14. The summed E-state index contributed by atoms with van der Waals surface area (Å²) in [6, 6.07) is 24.0. The zero-order chi connectivity index (χ0) is 19.3. The molecule has 0 bridgehead atoms. The van der Waals surface area contributed by atoms with E-state index in [-0.39, 0.29) is 5.97 Å². The molecule has 0 fully saturated rings. The Hall–Kier alpha value is -3.24. The number of thiophene rings is 1. The Morgan fingerprint density at radius 3 is 2.43 bits per heavy atom. The number of ether oxygens (including phenoxy) is 1. The van der Waals surface area contributed by atoms with Crippen LogP contribution >= 0.6 is 11.3 Å². The molecular weight excluding hydrogens is 366 g/mol. The van der Waals surface area contributed by atoms with E-state index in [0.717, 1.165) is 27.9 Å². The minimum absolute atomic E-state index is 0.300. The molecule has 4 aromatic rings. The summed E-state index contributed by atoms with van der Waals surface area (Å²) in [5.74, 6) is -0.300. The molecule has 0 aliphatic heterocycles. The lowest BCUT2D eigenvalue weighted by Gasteiger charge is -2.14. The second-order valence-corrected chi connectivity index (χ2v) is 7.17. The predicted octanol–water partition coefficient (Wildman–Crippen LogP) is 6.32. The maximum absolute atomic E-state index is 12.0. The molecule has 0 N–H and O–H groups in total. The molecule has 2 heterocycles. The van der Waals surface area contributed by atoms with E-state index in [1.807, 2.05) is 55.6 Å². The van der Waals surface area contributed by atoms with Crippen LogP contribution in [0.15, 0.2) is 84.4 Å². The van der Waals surface area contributed by atoms with Crippen LogP contribution in [-0.4, -0.2) is 17.6 Å². The second-order valence-electron chi connectivity index (χ2n) is 6.22. The number of rotatable bonds is 5. The summed E-state index contributed by atoms with van der Waals surface area (Å²) in [6.07, 6.45) is 1.81. The van der Waals surface area contributed by atoms with Crippen molar-refractivity contribution in [2.24, 2.45) is 0 Å². The topological polar surface area (TPSA) is 39.2 Å². The van der Waals surface area contributed by atoms with Gasteiger partial charge in [-0.15, -0.1) is 11.3 Å². The van der Waals surface area contributed by atoms with Gasteiger partial charge in [0.05, 0.1) is 17.9 Å². The molecule has 0 amide bonds. The van der Waals surface area contributed by atoms with Crippen LogP contribution in [0, 0.1) is 0 Å². The quantitative estimate of drug-likeness (QED) is 0.377. The Bertz CT molecular complexity index is 1070. The zero-order valence-corrected chi connectivity index (χ0v) is 16.3. The highest BCUT2D eigenvalue weighted by Gasteiger charge is 2.16. The van der Waals surface area contributed by atoms with Gasteiger partial charge in [-0.2, -0.15) is 0 Å². The van der Waals surface area contributed by atoms with Gasteiger partial charge in [-0.1, -0.05) is 42.5 Å². The van der Waals surface area contributed by atoms with E-state index in [0.29, 0.717) is 12.2 Å². The van der Waals surface area contributed by atoms with Gasteiger partial charge in [0.25, 0.3) is 0 Å². The third-order valence-electron chi connectivity index (χ3n) is 4.48. The van der Waals surface area contributed by atoms with Gasteiger partial charge >= 0.3 is 5.97 Å². The number of aromatic nitrogens is 1. The van der Waals surface area contributed by atoms with E-state index >= 15 is 0 Å². The van der Waals surface area contributed by atoms with Gasteiger partial charge in [0.1, 0.15) is 0 Å². The first-order valence-corrected chi connectivity index (χ1v) is 10.0. The van der Waals surface area contributed by atoms with Crippen molar-refractivity contribution < 1.29 is 9.53 Å². The molecule has 2 aromatic heterocycles. The number of carbonyl (C=O) groups excluding carboxylic acids is 1. The first-order chi connectivity index (χ1) is 13.8. The fraction of sp³-hybridized carbons (Fsp3) is 0.0833. The van der Waals surface area contributed by atoms with Crippen LogP contribution in [0.2, 0.25) is 0 Å². The normalized spacial score (nSPS) is 10.6. The Morgan fingerprint density at radius 2 is 1.75 bits per heavy atom. The molecule has 0 aliphatic carbocycles. The van der Waals surface area contributed by atoms with E-state index in [2.05, 4.69) is 40.7 Å². The van der Waals surface area contributed by atoms with Crippen molar-refractivity contribution in [3.8, 4) is 32.8 Å². The molecule has 0 spiro atoms. The molecule has 2 aromatic carbocycles. The Labute approximate surface area is 168 Å². The van der Waals surface area contributed by atoms with Gasteiger partial charge in [-0.25, -0.2) is 4.79 Å². The summed E-state index contributed by atoms with van der Waals surface area (Å²) in [4.78, 5) is 17.8. The SMILES string of the molecule is CCOC(=O)c1ccc(-c2cccc(-c3cccs3)c2-c2ccccn2)cc1. The minimum atomic E-state index is -0.300. The van der Waals surface area contributed by atoms with Crippen molar-refractivity contribution in [1.29, 1.82) is 0 Å². The van der Waals surface area contributed by atoms with Crippen molar-refractivity contribution in [2.45, 2.75) is 6.92 Å². The van der Waals surface area contributed by atoms with Gasteiger partial charge in [-0.3, -0.25) is 4.98 Å². The average Bonchev–Trinajstić information content (AvgIpc) is 3.29. The highest BCUT2D eigenvalue weighted by Crippen LogP contribution is 2.40. The summed E-state index contributed by atoms with van der Waals surface area (Å²) in [7, 11) is 0. The molecule has 0 aliphatic rings. The lowest BCUT2D eigenvalue weighted by Crippen LogP contribution is -2.04. The van der Waals surface area contributed by atoms with E-state index < -0.39 is 0 Å². The monoisotopic (exact) mass is 385 g/mol. The number of hydrogen-bond acceptors (Lipinski definition) is 4. The summed E-state index contributed by atoms with van der Waals surface area (Å²) < 4.78 is 5.09. The largest absolute Gasteiger partial charge is 0.462 e. The number of nitrogens with zero attached hydrogens (tertiary/aromatic N) is 1. The lowest BCUT2D eigenvalue weighted by molar-refractivity contribution is 0.0526. The number of carbonyl (C=O) groups is 1. The second kappa shape index (κ2) is 8.19. The lowest BCUT2D eigenvalue weighted by atomic mass is 9.92. The molecule has 4 heteroatoms. The minimum Gasteiger partial charge on any atom is -0.462 e. The average molecular weight is 385 g/mol. The van der Waals surface area contributed by atoms with E-state index in [4.69, 9.17) is 4.74 Å². The number of esters is 1. The van der Waals surface area contributed by atoms with Crippen molar-refractivity contribution in [1.82, 2.24) is 4.98 Å². The van der Waals surface area contributed by atoms with Gasteiger partial charge in [-0.05, 0) is 53.8 Å². The number of benzene rings is 2. The standard InChI is InChI=1S/C24H19NO2S/c1-2-27-24(26)18-13-11-17(12-14-18)19-7-5-8-20(22-10-6-16-28-22)23(19)21-9-3-4-15-25-21/h3-16H,2H2,1H3. The summed E-state index contributed by atoms with van der Waals surface area (Å²) in [6.45, 7) is 2.18. The Morgan fingerprint density at radius 1 is 0.929 bits per heavy atom. The molecule has 138 valence electrons.